The lowest BCUT2D eigenvalue weighted by Gasteiger charge is -2.26. The van der Waals surface area contributed by atoms with Gasteiger partial charge in [-0.2, -0.15) is 0 Å². The summed E-state index contributed by atoms with van der Waals surface area (Å²) in [7, 11) is 0. The first-order valence-electron chi connectivity index (χ1n) is 6.83. The summed E-state index contributed by atoms with van der Waals surface area (Å²) in [6.07, 6.45) is 5.64. The molecular weight excluding hydrogens is 226 g/mol. The van der Waals surface area contributed by atoms with Gasteiger partial charge in [-0.3, -0.25) is 10.1 Å². The molecule has 3 nitrogen and oxygen atoms in total. The second-order valence-corrected chi connectivity index (χ2v) is 5.48. The molecule has 2 fully saturated rings. The molecule has 1 aromatic carbocycles. The Kier molecular flexibility index (Phi) is 3.08. The Balaban J connectivity index is 1.67. The highest BCUT2D eigenvalue weighted by Gasteiger charge is 2.29. The smallest absolute Gasteiger partial charge is 0.320 e. The molecule has 1 aliphatic carbocycles. The van der Waals surface area contributed by atoms with Crippen molar-refractivity contribution in [3.8, 4) is 0 Å². The molecule has 0 aromatic heterocycles. The molecule has 1 heterocycles. The standard InChI is InChI=1S/C15H19NO2/c17-15(18)14-9-8-13(16-14)12-6-4-11(5-7-12)10-2-1-3-10/h4-7,10,13-14,16H,1-3,8-9H2,(H,17,18). The number of carboxylic acids is 1. The molecule has 96 valence electrons. The van der Waals surface area contributed by atoms with Crippen molar-refractivity contribution >= 4 is 5.97 Å². The van der Waals surface area contributed by atoms with Crippen molar-refractivity contribution in [2.24, 2.45) is 0 Å². The molecule has 2 N–H and O–H groups in total. The molecule has 1 saturated carbocycles. The van der Waals surface area contributed by atoms with E-state index in [2.05, 4.69) is 29.6 Å². The van der Waals surface area contributed by atoms with E-state index in [4.69, 9.17) is 5.11 Å². The van der Waals surface area contributed by atoms with Crippen LogP contribution in [0.3, 0.4) is 0 Å². The number of carbonyl (C=O) groups is 1. The first-order chi connectivity index (χ1) is 8.74. The fourth-order valence-corrected chi connectivity index (χ4v) is 2.94. The molecular formula is C15H19NO2. The Bertz CT molecular complexity index is 436. The Morgan fingerprint density at radius 1 is 1.06 bits per heavy atom. The predicted molar refractivity (Wildman–Crippen MR) is 69.6 cm³/mol. The first kappa shape index (κ1) is 11.7. The highest BCUT2D eigenvalue weighted by atomic mass is 16.4. The molecule has 0 radical (unpaired) electrons. The SMILES string of the molecule is O=C(O)C1CCC(c2ccc(C3CCC3)cc2)N1. The van der Waals surface area contributed by atoms with Crippen LogP contribution in [-0.2, 0) is 4.79 Å². The Morgan fingerprint density at radius 2 is 1.72 bits per heavy atom. The summed E-state index contributed by atoms with van der Waals surface area (Å²) >= 11 is 0. The maximum Gasteiger partial charge on any atom is 0.320 e. The van der Waals surface area contributed by atoms with Gasteiger partial charge in [0.05, 0.1) is 0 Å². The van der Waals surface area contributed by atoms with E-state index in [-0.39, 0.29) is 12.1 Å². The molecule has 1 aliphatic heterocycles. The fraction of sp³-hybridized carbons (Fsp3) is 0.533. The van der Waals surface area contributed by atoms with E-state index in [1.165, 1.54) is 30.4 Å². The molecule has 0 bridgehead atoms. The topological polar surface area (TPSA) is 49.3 Å². The van der Waals surface area contributed by atoms with Gasteiger partial charge in [-0.15, -0.1) is 0 Å². The second kappa shape index (κ2) is 4.73. The van der Waals surface area contributed by atoms with Crippen LogP contribution in [0.4, 0.5) is 0 Å². The van der Waals surface area contributed by atoms with Crippen molar-refractivity contribution in [2.75, 3.05) is 0 Å². The molecule has 2 unspecified atom stereocenters. The molecule has 2 aliphatic rings. The van der Waals surface area contributed by atoms with E-state index >= 15 is 0 Å². The lowest BCUT2D eigenvalue weighted by Crippen LogP contribution is -2.31. The third kappa shape index (κ3) is 2.15. The van der Waals surface area contributed by atoms with Crippen LogP contribution in [0.1, 0.15) is 55.2 Å². The van der Waals surface area contributed by atoms with E-state index in [0.717, 1.165) is 18.8 Å². The average Bonchev–Trinajstić information content (AvgIpc) is 2.77. The van der Waals surface area contributed by atoms with Crippen molar-refractivity contribution in [2.45, 2.75) is 50.1 Å². The number of hydrogen-bond acceptors (Lipinski definition) is 2. The molecule has 18 heavy (non-hydrogen) atoms. The lowest BCUT2D eigenvalue weighted by atomic mass is 9.80. The van der Waals surface area contributed by atoms with Crippen molar-refractivity contribution in [3.05, 3.63) is 35.4 Å². The lowest BCUT2D eigenvalue weighted by molar-refractivity contribution is -0.139. The Hall–Kier alpha value is -1.35. The van der Waals surface area contributed by atoms with E-state index < -0.39 is 5.97 Å². The van der Waals surface area contributed by atoms with Crippen LogP contribution in [0.15, 0.2) is 24.3 Å². The molecule has 1 saturated heterocycles. The Labute approximate surface area is 107 Å². The number of rotatable bonds is 3. The van der Waals surface area contributed by atoms with E-state index in [0.29, 0.717) is 0 Å². The van der Waals surface area contributed by atoms with Crippen molar-refractivity contribution in [1.29, 1.82) is 0 Å². The van der Waals surface area contributed by atoms with Crippen LogP contribution in [0.5, 0.6) is 0 Å². The third-order valence-corrected chi connectivity index (χ3v) is 4.36. The quantitative estimate of drug-likeness (QED) is 0.861. The summed E-state index contributed by atoms with van der Waals surface area (Å²) in [5, 5.41) is 12.2. The largest absolute Gasteiger partial charge is 0.480 e. The minimum Gasteiger partial charge on any atom is -0.480 e. The second-order valence-electron chi connectivity index (χ2n) is 5.48. The monoisotopic (exact) mass is 245 g/mol. The Morgan fingerprint density at radius 3 is 2.22 bits per heavy atom. The highest BCUT2D eigenvalue weighted by molar-refractivity contribution is 5.73. The van der Waals surface area contributed by atoms with Gasteiger partial charge in [0, 0.05) is 6.04 Å². The van der Waals surface area contributed by atoms with E-state index in [1.54, 1.807) is 0 Å². The van der Waals surface area contributed by atoms with Gasteiger partial charge in [0.25, 0.3) is 0 Å². The molecule has 0 spiro atoms. The summed E-state index contributed by atoms with van der Waals surface area (Å²) in [5.74, 6) is 0.0333. The summed E-state index contributed by atoms with van der Waals surface area (Å²) in [6.45, 7) is 0. The van der Waals surface area contributed by atoms with Gasteiger partial charge in [0.1, 0.15) is 6.04 Å². The zero-order valence-corrected chi connectivity index (χ0v) is 10.4. The van der Waals surface area contributed by atoms with Gasteiger partial charge in [-0.25, -0.2) is 0 Å². The van der Waals surface area contributed by atoms with E-state index in [1.807, 2.05) is 0 Å². The minimum atomic E-state index is -0.733. The maximum absolute atomic E-state index is 10.9. The number of hydrogen-bond donors (Lipinski definition) is 2. The normalized spacial score (nSPS) is 28.0. The van der Waals surface area contributed by atoms with Crippen molar-refractivity contribution in [3.63, 3.8) is 0 Å². The van der Waals surface area contributed by atoms with Crippen LogP contribution in [0, 0.1) is 0 Å². The highest BCUT2D eigenvalue weighted by Crippen LogP contribution is 2.37. The third-order valence-electron chi connectivity index (χ3n) is 4.36. The number of benzene rings is 1. The van der Waals surface area contributed by atoms with Crippen molar-refractivity contribution < 1.29 is 9.90 Å². The zero-order chi connectivity index (χ0) is 12.5. The van der Waals surface area contributed by atoms with Crippen LogP contribution in [0.2, 0.25) is 0 Å². The number of nitrogens with one attached hydrogen (secondary N) is 1. The van der Waals surface area contributed by atoms with Gasteiger partial charge < -0.3 is 5.11 Å². The van der Waals surface area contributed by atoms with Gasteiger partial charge in [0.15, 0.2) is 0 Å². The summed E-state index contributed by atoms with van der Waals surface area (Å²) < 4.78 is 0. The minimum absolute atomic E-state index is 0.210. The molecule has 2 atom stereocenters. The number of aliphatic carboxylic acids is 1. The number of carboxylic acid groups (broad SMARTS) is 1. The summed E-state index contributed by atoms with van der Waals surface area (Å²) in [4.78, 5) is 10.9. The van der Waals surface area contributed by atoms with E-state index in [9.17, 15) is 4.79 Å². The average molecular weight is 245 g/mol. The molecule has 1 aromatic rings. The first-order valence-corrected chi connectivity index (χ1v) is 6.83. The molecule has 0 amide bonds. The molecule has 3 rings (SSSR count). The van der Waals surface area contributed by atoms with Gasteiger partial charge in [-0.05, 0) is 42.7 Å². The zero-order valence-electron chi connectivity index (χ0n) is 10.4. The summed E-state index contributed by atoms with van der Waals surface area (Å²) in [6, 6.07) is 8.59. The molecule has 3 heteroatoms. The summed E-state index contributed by atoms with van der Waals surface area (Å²) in [5.41, 5.74) is 2.67. The maximum atomic E-state index is 10.9. The predicted octanol–water partition coefficient (Wildman–Crippen LogP) is 2.83. The van der Waals surface area contributed by atoms with Crippen LogP contribution >= 0.6 is 0 Å². The van der Waals surface area contributed by atoms with Crippen LogP contribution in [0.25, 0.3) is 0 Å². The van der Waals surface area contributed by atoms with Crippen LogP contribution < -0.4 is 5.32 Å². The fourth-order valence-electron chi connectivity index (χ4n) is 2.94. The van der Waals surface area contributed by atoms with Crippen molar-refractivity contribution in [1.82, 2.24) is 5.32 Å². The van der Waals surface area contributed by atoms with Gasteiger partial charge in [-0.1, -0.05) is 30.7 Å². The van der Waals surface area contributed by atoms with Gasteiger partial charge in [0.2, 0.25) is 0 Å². The van der Waals surface area contributed by atoms with Gasteiger partial charge >= 0.3 is 5.97 Å². The van der Waals surface area contributed by atoms with Crippen LogP contribution in [-0.4, -0.2) is 17.1 Å².